The van der Waals surface area contributed by atoms with E-state index in [4.69, 9.17) is 5.11 Å². The van der Waals surface area contributed by atoms with Crippen LogP contribution in [0.15, 0.2) is 12.7 Å². The molecule has 0 aliphatic heterocycles. The maximum atomic E-state index is 11.1. The van der Waals surface area contributed by atoms with Crippen LogP contribution in [0.5, 0.6) is 0 Å². The highest BCUT2D eigenvalue weighted by Crippen LogP contribution is 2.79. The first kappa shape index (κ1) is 12.7. The molecule has 0 saturated heterocycles. The first-order chi connectivity index (χ1) is 7.60. The molecule has 2 rings (SSSR count). The Morgan fingerprint density at radius 3 is 2.18 bits per heavy atom. The Morgan fingerprint density at radius 2 is 1.82 bits per heavy atom. The third kappa shape index (κ3) is 1.42. The summed E-state index contributed by atoms with van der Waals surface area (Å²) in [4.78, 5) is 11.1. The van der Waals surface area contributed by atoms with Crippen molar-refractivity contribution in [2.24, 2.45) is 21.7 Å². The molecule has 2 saturated carbocycles. The summed E-state index contributed by atoms with van der Waals surface area (Å²) < 4.78 is 0. The molecule has 2 fully saturated rings. The van der Waals surface area contributed by atoms with Crippen LogP contribution < -0.4 is 0 Å². The van der Waals surface area contributed by atoms with Gasteiger partial charge in [0, 0.05) is 0 Å². The number of carbonyl (C=O) groups is 1. The van der Waals surface area contributed by atoms with Crippen molar-refractivity contribution in [3.63, 3.8) is 0 Å². The normalized spacial score (nSPS) is 47.1. The number of carboxylic acids is 1. The standard InChI is InChI=1S/C15H24O2/c1-6-15(7-11(16)17)9-13(4)8-12(2,3)14(13,5)10-15/h6H,1,7-10H2,2-5H3,(H,16,17). The van der Waals surface area contributed by atoms with Gasteiger partial charge in [-0.2, -0.15) is 0 Å². The van der Waals surface area contributed by atoms with Gasteiger partial charge >= 0.3 is 5.97 Å². The number of hydrogen-bond donors (Lipinski definition) is 1. The first-order valence-corrected chi connectivity index (χ1v) is 6.45. The van der Waals surface area contributed by atoms with E-state index >= 15 is 0 Å². The van der Waals surface area contributed by atoms with Gasteiger partial charge in [-0.15, -0.1) is 6.58 Å². The van der Waals surface area contributed by atoms with Crippen molar-refractivity contribution < 1.29 is 9.90 Å². The average Bonchev–Trinajstić information content (AvgIpc) is 2.32. The van der Waals surface area contributed by atoms with Crippen molar-refractivity contribution in [3.8, 4) is 0 Å². The molecule has 2 aliphatic rings. The minimum absolute atomic E-state index is 0.191. The molecule has 96 valence electrons. The Labute approximate surface area is 104 Å². The Bertz CT molecular complexity index is 384. The zero-order chi connectivity index (χ0) is 13.1. The third-order valence-electron chi connectivity index (χ3n) is 6.04. The van der Waals surface area contributed by atoms with Gasteiger partial charge in [0.2, 0.25) is 0 Å². The summed E-state index contributed by atoms with van der Waals surface area (Å²) in [5.41, 5.74) is 0.678. The van der Waals surface area contributed by atoms with Crippen molar-refractivity contribution in [3.05, 3.63) is 12.7 Å². The lowest BCUT2D eigenvalue weighted by atomic mass is 9.40. The van der Waals surface area contributed by atoms with E-state index in [9.17, 15) is 4.79 Å². The van der Waals surface area contributed by atoms with Crippen molar-refractivity contribution in [1.29, 1.82) is 0 Å². The minimum atomic E-state index is -0.698. The minimum Gasteiger partial charge on any atom is -0.481 e. The summed E-state index contributed by atoms with van der Waals surface area (Å²) in [6, 6.07) is 0. The van der Waals surface area contributed by atoms with Gasteiger partial charge in [-0.25, -0.2) is 0 Å². The molecular weight excluding hydrogens is 212 g/mol. The van der Waals surface area contributed by atoms with Gasteiger partial charge in [0.05, 0.1) is 6.42 Å². The van der Waals surface area contributed by atoms with Crippen LogP contribution >= 0.6 is 0 Å². The first-order valence-electron chi connectivity index (χ1n) is 6.45. The zero-order valence-electron chi connectivity index (χ0n) is 11.5. The van der Waals surface area contributed by atoms with E-state index in [0.717, 1.165) is 12.8 Å². The lowest BCUT2D eigenvalue weighted by molar-refractivity contribution is -0.156. The SMILES string of the molecule is C=CC1(CC(=O)O)CC2(C)CC(C)(C)C2(C)C1. The van der Waals surface area contributed by atoms with Crippen LogP contribution in [-0.4, -0.2) is 11.1 Å². The summed E-state index contributed by atoms with van der Waals surface area (Å²) in [5.74, 6) is -0.698. The molecule has 0 aromatic heterocycles. The van der Waals surface area contributed by atoms with Gasteiger partial charge in [0.25, 0.3) is 0 Å². The largest absolute Gasteiger partial charge is 0.481 e. The number of hydrogen-bond acceptors (Lipinski definition) is 1. The fraction of sp³-hybridized carbons (Fsp3) is 0.800. The highest BCUT2D eigenvalue weighted by atomic mass is 16.4. The molecule has 0 aromatic rings. The zero-order valence-corrected chi connectivity index (χ0v) is 11.5. The summed E-state index contributed by atoms with van der Waals surface area (Å²) in [5, 5.41) is 9.11. The van der Waals surface area contributed by atoms with Gasteiger partial charge in [-0.05, 0) is 40.9 Å². The van der Waals surface area contributed by atoms with Crippen molar-refractivity contribution in [2.75, 3.05) is 0 Å². The molecule has 0 amide bonds. The Kier molecular flexibility index (Phi) is 2.35. The Balaban J connectivity index is 2.34. The van der Waals surface area contributed by atoms with Crippen molar-refractivity contribution >= 4 is 5.97 Å². The number of carboxylic acid groups (broad SMARTS) is 1. The van der Waals surface area contributed by atoms with Crippen LogP contribution in [0.3, 0.4) is 0 Å². The van der Waals surface area contributed by atoms with Gasteiger partial charge in [-0.3, -0.25) is 4.79 Å². The highest BCUT2D eigenvalue weighted by Gasteiger charge is 2.71. The highest BCUT2D eigenvalue weighted by molar-refractivity contribution is 5.68. The lowest BCUT2D eigenvalue weighted by Gasteiger charge is -2.64. The van der Waals surface area contributed by atoms with E-state index in [0.29, 0.717) is 10.8 Å². The summed E-state index contributed by atoms with van der Waals surface area (Å²) in [6.45, 7) is 13.2. The second-order valence-electron chi connectivity index (χ2n) is 7.44. The second kappa shape index (κ2) is 3.15. The van der Waals surface area contributed by atoms with Crippen LogP contribution in [0.25, 0.3) is 0 Å². The van der Waals surface area contributed by atoms with Crippen LogP contribution in [0, 0.1) is 21.7 Å². The van der Waals surface area contributed by atoms with Crippen LogP contribution in [-0.2, 0) is 4.79 Å². The maximum Gasteiger partial charge on any atom is 0.304 e. The van der Waals surface area contributed by atoms with E-state index in [1.807, 2.05) is 6.08 Å². The average molecular weight is 236 g/mol. The topological polar surface area (TPSA) is 37.3 Å². The van der Waals surface area contributed by atoms with Gasteiger partial charge in [-0.1, -0.05) is 33.8 Å². The van der Waals surface area contributed by atoms with Crippen LogP contribution in [0.2, 0.25) is 0 Å². The van der Waals surface area contributed by atoms with E-state index < -0.39 is 5.97 Å². The van der Waals surface area contributed by atoms with Gasteiger partial charge in [0.1, 0.15) is 0 Å². The summed E-state index contributed by atoms with van der Waals surface area (Å²) in [7, 11) is 0. The predicted molar refractivity (Wildman–Crippen MR) is 68.7 cm³/mol. The molecule has 0 aromatic carbocycles. The van der Waals surface area contributed by atoms with Crippen LogP contribution in [0.4, 0.5) is 0 Å². The van der Waals surface area contributed by atoms with Gasteiger partial charge < -0.3 is 5.11 Å². The molecule has 0 heterocycles. The molecule has 3 unspecified atom stereocenters. The third-order valence-corrected chi connectivity index (χ3v) is 6.04. The molecule has 2 heteroatoms. The predicted octanol–water partition coefficient (Wildman–Crippen LogP) is 3.87. The van der Waals surface area contributed by atoms with E-state index in [2.05, 4.69) is 34.3 Å². The van der Waals surface area contributed by atoms with E-state index in [1.54, 1.807) is 0 Å². The number of rotatable bonds is 3. The molecule has 2 aliphatic carbocycles. The Hall–Kier alpha value is -0.790. The maximum absolute atomic E-state index is 11.1. The fourth-order valence-electron chi connectivity index (χ4n) is 4.97. The smallest absolute Gasteiger partial charge is 0.304 e. The summed E-state index contributed by atoms with van der Waals surface area (Å²) in [6.07, 6.45) is 5.30. The Morgan fingerprint density at radius 1 is 1.24 bits per heavy atom. The molecule has 17 heavy (non-hydrogen) atoms. The summed E-state index contributed by atoms with van der Waals surface area (Å²) >= 11 is 0. The van der Waals surface area contributed by atoms with E-state index in [1.165, 1.54) is 6.42 Å². The number of fused-ring (bicyclic) bond motifs is 1. The monoisotopic (exact) mass is 236 g/mol. The quantitative estimate of drug-likeness (QED) is 0.755. The molecular formula is C15H24O2. The molecule has 0 bridgehead atoms. The number of aliphatic carboxylic acids is 1. The molecule has 3 atom stereocenters. The molecule has 0 spiro atoms. The van der Waals surface area contributed by atoms with Crippen LogP contribution in [0.1, 0.15) is 53.4 Å². The molecule has 0 radical (unpaired) electrons. The van der Waals surface area contributed by atoms with Gasteiger partial charge in [0.15, 0.2) is 0 Å². The number of allylic oxidation sites excluding steroid dienone is 1. The van der Waals surface area contributed by atoms with Crippen molar-refractivity contribution in [2.45, 2.75) is 53.4 Å². The molecule has 1 N–H and O–H groups in total. The van der Waals surface area contributed by atoms with Crippen molar-refractivity contribution in [1.82, 2.24) is 0 Å². The lowest BCUT2D eigenvalue weighted by Crippen LogP contribution is -2.57. The second-order valence-corrected chi connectivity index (χ2v) is 7.44. The molecule has 2 nitrogen and oxygen atoms in total. The van der Waals surface area contributed by atoms with E-state index in [-0.39, 0.29) is 17.3 Å². The fourth-order valence-corrected chi connectivity index (χ4v) is 4.97.